The molecular weight excluding hydrogens is 240 g/mol. The fourth-order valence-electron chi connectivity index (χ4n) is 1.50. The molecule has 0 atom stereocenters. The minimum atomic E-state index is -2.79. The van der Waals surface area contributed by atoms with Gasteiger partial charge in [0.2, 0.25) is 0 Å². The Morgan fingerprint density at radius 2 is 2.06 bits per heavy atom. The summed E-state index contributed by atoms with van der Waals surface area (Å²) in [6.07, 6.45) is 3.59. The van der Waals surface area contributed by atoms with Crippen molar-refractivity contribution in [2.45, 2.75) is 13.2 Å². The maximum Gasteiger partial charge on any atom is 0.387 e. The average molecular weight is 253 g/mol. The standard InChI is InChI=1S/C12H13F2N3O/c13-12(14)18-11-4-2-10(3-5-11)15-7-9-17-8-1-6-16-17/h1-6,8,12,15H,7,9H2. The highest BCUT2D eigenvalue weighted by molar-refractivity contribution is 5.46. The van der Waals surface area contributed by atoms with Crippen LogP contribution in [-0.2, 0) is 6.54 Å². The lowest BCUT2D eigenvalue weighted by atomic mass is 10.3. The molecule has 0 aliphatic rings. The van der Waals surface area contributed by atoms with E-state index in [1.165, 1.54) is 12.1 Å². The van der Waals surface area contributed by atoms with Gasteiger partial charge in [-0.25, -0.2) is 0 Å². The second kappa shape index (κ2) is 6.00. The zero-order valence-corrected chi connectivity index (χ0v) is 9.59. The molecule has 0 radical (unpaired) electrons. The molecule has 96 valence electrons. The van der Waals surface area contributed by atoms with E-state index in [0.717, 1.165) is 12.2 Å². The minimum Gasteiger partial charge on any atom is -0.435 e. The largest absolute Gasteiger partial charge is 0.435 e. The molecule has 0 unspecified atom stereocenters. The first kappa shape index (κ1) is 12.3. The van der Waals surface area contributed by atoms with Crippen molar-refractivity contribution in [1.29, 1.82) is 0 Å². The Kier molecular flexibility index (Phi) is 4.11. The van der Waals surface area contributed by atoms with Crippen LogP contribution in [0.4, 0.5) is 14.5 Å². The van der Waals surface area contributed by atoms with Gasteiger partial charge < -0.3 is 10.1 Å². The fourth-order valence-corrected chi connectivity index (χ4v) is 1.50. The second-order valence-corrected chi connectivity index (χ2v) is 3.60. The van der Waals surface area contributed by atoms with Crippen LogP contribution >= 0.6 is 0 Å². The normalized spacial score (nSPS) is 10.6. The molecule has 0 amide bonds. The smallest absolute Gasteiger partial charge is 0.387 e. The monoisotopic (exact) mass is 253 g/mol. The van der Waals surface area contributed by atoms with E-state index in [0.29, 0.717) is 6.54 Å². The van der Waals surface area contributed by atoms with Crippen LogP contribution in [0.3, 0.4) is 0 Å². The van der Waals surface area contributed by atoms with Crippen LogP contribution < -0.4 is 10.1 Å². The fraction of sp³-hybridized carbons (Fsp3) is 0.250. The number of nitrogens with zero attached hydrogens (tertiary/aromatic N) is 2. The number of alkyl halides is 2. The molecule has 0 fully saturated rings. The van der Waals surface area contributed by atoms with E-state index in [1.54, 1.807) is 23.0 Å². The summed E-state index contributed by atoms with van der Waals surface area (Å²) in [6.45, 7) is -1.34. The number of hydrogen-bond donors (Lipinski definition) is 1. The molecule has 2 aromatic rings. The van der Waals surface area contributed by atoms with E-state index >= 15 is 0 Å². The Labute approximate surface area is 103 Å². The van der Waals surface area contributed by atoms with E-state index in [2.05, 4.69) is 15.2 Å². The summed E-state index contributed by atoms with van der Waals surface area (Å²) in [5, 5.41) is 7.23. The van der Waals surface area contributed by atoms with Gasteiger partial charge in [0, 0.05) is 24.6 Å². The molecule has 0 aliphatic heterocycles. The molecule has 0 spiro atoms. The lowest BCUT2D eigenvalue weighted by molar-refractivity contribution is -0.0498. The van der Waals surface area contributed by atoms with Crippen LogP contribution in [0, 0.1) is 0 Å². The van der Waals surface area contributed by atoms with E-state index in [1.807, 2.05) is 12.3 Å². The number of anilines is 1. The summed E-state index contributed by atoms with van der Waals surface area (Å²) in [5.41, 5.74) is 0.851. The summed E-state index contributed by atoms with van der Waals surface area (Å²) in [6, 6.07) is 8.25. The highest BCUT2D eigenvalue weighted by Gasteiger charge is 2.03. The van der Waals surface area contributed by atoms with Crippen molar-refractivity contribution in [3.05, 3.63) is 42.7 Å². The quantitative estimate of drug-likeness (QED) is 0.860. The number of halogens is 2. The third kappa shape index (κ3) is 3.73. The molecule has 0 bridgehead atoms. The van der Waals surface area contributed by atoms with Crippen molar-refractivity contribution in [3.8, 4) is 5.75 Å². The number of aromatic nitrogens is 2. The Balaban J connectivity index is 1.79. The summed E-state index contributed by atoms with van der Waals surface area (Å²) >= 11 is 0. The van der Waals surface area contributed by atoms with Gasteiger partial charge in [0.15, 0.2) is 0 Å². The Morgan fingerprint density at radius 1 is 1.28 bits per heavy atom. The molecule has 0 saturated heterocycles. The third-order valence-electron chi connectivity index (χ3n) is 2.31. The van der Waals surface area contributed by atoms with Crippen LogP contribution in [0.15, 0.2) is 42.7 Å². The number of nitrogens with one attached hydrogen (secondary N) is 1. The van der Waals surface area contributed by atoms with Crippen molar-refractivity contribution in [2.24, 2.45) is 0 Å². The zero-order valence-electron chi connectivity index (χ0n) is 9.59. The number of ether oxygens (including phenoxy) is 1. The zero-order chi connectivity index (χ0) is 12.8. The second-order valence-electron chi connectivity index (χ2n) is 3.60. The molecule has 1 heterocycles. The van der Waals surface area contributed by atoms with Crippen molar-refractivity contribution >= 4 is 5.69 Å². The van der Waals surface area contributed by atoms with Crippen LogP contribution in [0.5, 0.6) is 5.75 Å². The predicted molar refractivity (Wildman–Crippen MR) is 63.8 cm³/mol. The van der Waals surface area contributed by atoms with Gasteiger partial charge in [0.25, 0.3) is 0 Å². The first-order valence-electron chi connectivity index (χ1n) is 5.50. The predicted octanol–water partition coefficient (Wildman–Crippen LogP) is 2.60. The Hall–Kier alpha value is -2.11. The van der Waals surface area contributed by atoms with Crippen molar-refractivity contribution in [1.82, 2.24) is 9.78 Å². The number of hydrogen-bond acceptors (Lipinski definition) is 3. The molecule has 2 rings (SSSR count). The molecule has 18 heavy (non-hydrogen) atoms. The molecule has 0 saturated carbocycles. The Bertz CT molecular complexity index is 457. The first-order chi connectivity index (χ1) is 8.74. The lowest BCUT2D eigenvalue weighted by Crippen LogP contribution is -2.10. The van der Waals surface area contributed by atoms with Crippen LogP contribution in [0.25, 0.3) is 0 Å². The highest BCUT2D eigenvalue weighted by atomic mass is 19.3. The summed E-state index contributed by atoms with van der Waals surface area (Å²) in [4.78, 5) is 0. The van der Waals surface area contributed by atoms with Crippen LogP contribution in [-0.4, -0.2) is 22.9 Å². The van der Waals surface area contributed by atoms with Gasteiger partial charge in [-0.15, -0.1) is 0 Å². The summed E-state index contributed by atoms with van der Waals surface area (Å²) in [5.74, 6) is 0.155. The molecule has 4 nitrogen and oxygen atoms in total. The average Bonchev–Trinajstić information content (AvgIpc) is 2.84. The molecule has 1 aromatic carbocycles. The summed E-state index contributed by atoms with van der Waals surface area (Å²) in [7, 11) is 0. The van der Waals surface area contributed by atoms with E-state index in [9.17, 15) is 8.78 Å². The molecule has 1 aromatic heterocycles. The van der Waals surface area contributed by atoms with Gasteiger partial charge in [-0.2, -0.15) is 13.9 Å². The topological polar surface area (TPSA) is 39.1 Å². The van der Waals surface area contributed by atoms with E-state index < -0.39 is 6.61 Å². The number of rotatable bonds is 6. The van der Waals surface area contributed by atoms with Crippen molar-refractivity contribution < 1.29 is 13.5 Å². The third-order valence-corrected chi connectivity index (χ3v) is 2.31. The maximum atomic E-state index is 11.9. The van der Waals surface area contributed by atoms with Gasteiger partial charge >= 0.3 is 6.61 Å². The molecule has 1 N–H and O–H groups in total. The minimum absolute atomic E-state index is 0.155. The van der Waals surface area contributed by atoms with E-state index in [4.69, 9.17) is 0 Å². The van der Waals surface area contributed by atoms with Gasteiger partial charge in [-0.3, -0.25) is 4.68 Å². The molecule has 0 aliphatic carbocycles. The maximum absolute atomic E-state index is 11.9. The Morgan fingerprint density at radius 3 is 2.67 bits per heavy atom. The van der Waals surface area contributed by atoms with E-state index in [-0.39, 0.29) is 5.75 Å². The first-order valence-corrected chi connectivity index (χ1v) is 5.50. The lowest BCUT2D eigenvalue weighted by Gasteiger charge is -2.08. The van der Waals surface area contributed by atoms with Crippen LogP contribution in [0.2, 0.25) is 0 Å². The van der Waals surface area contributed by atoms with Gasteiger partial charge in [0.05, 0.1) is 6.54 Å². The van der Waals surface area contributed by atoms with Crippen LogP contribution in [0.1, 0.15) is 0 Å². The van der Waals surface area contributed by atoms with Gasteiger partial charge in [-0.1, -0.05) is 0 Å². The molecular formula is C12H13F2N3O. The van der Waals surface area contributed by atoms with Gasteiger partial charge in [-0.05, 0) is 30.3 Å². The summed E-state index contributed by atoms with van der Waals surface area (Å²) < 4.78 is 29.9. The van der Waals surface area contributed by atoms with Gasteiger partial charge in [0.1, 0.15) is 5.75 Å². The molecule has 6 heteroatoms. The SMILES string of the molecule is FC(F)Oc1ccc(NCCn2cccn2)cc1. The van der Waals surface area contributed by atoms with Crippen molar-refractivity contribution in [2.75, 3.05) is 11.9 Å². The highest BCUT2D eigenvalue weighted by Crippen LogP contribution is 2.17. The van der Waals surface area contributed by atoms with Crippen molar-refractivity contribution in [3.63, 3.8) is 0 Å². The number of benzene rings is 1.